The molecule has 3 nitrogen and oxygen atoms in total. The van der Waals surface area contributed by atoms with E-state index in [1.807, 2.05) is 0 Å². The van der Waals surface area contributed by atoms with E-state index in [0.29, 0.717) is 5.56 Å². The number of aromatic nitrogens is 1. The van der Waals surface area contributed by atoms with Crippen LogP contribution >= 0.6 is 0 Å². The standard InChI is InChI=1S/C10H11F3N2O/c11-10(12,13)4-3-8(16)6-7-2-1-5-15-9(7)14/h1-2,5H,3-4,6H2,(H2,14,15). The first-order valence-electron chi connectivity index (χ1n) is 4.66. The Morgan fingerprint density at radius 3 is 2.69 bits per heavy atom. The number of pyridine rings is 1. The van der Waals surface area contributed by atoms with Gasteiger partial charge in [0, 0.05) is 24.6 Å². The van der Waals surface area contributed by atoms with E-state index in [1.165, 1.54) is 6.20 Å². The molecule has 0 spiro atoms. The van der Waals surface area contributed by atoms with Crippen LogP contribution < -0.4 is 5.73 Å². The number of ketones is 1. The number of nitrogen functional groups attached to an aromatic ring is 1. The number of carbonyl (C=O) groups excluding carboxylic acids is 1. The van der Waals surface area contributed by atoms with E-state index in [1.54, 1.807) is 12.1 Å². The van der Waals surface area contributed by atoms with Crippen LogP contribution in [0.2, 0.25) is 0 Å². The van der Waals surface area contributed by atoms with E-state index in [9.17, 15) is 18.0 Å². The second-order valence-electron chi connectivity index (χ2n) is 3.38. The van der Waals surface area contributed by atoms with Crippen molar-refractivity contribution in [3.05, 3.63) is 23.9 Å². The monoisotopic (exact) mass is 232 g/mol. The van der Waals surface area contributed by atoms with Gasteiger partial charge in [0.25, 0.3) is 0 Å². The molecule has 0 aliphatic rings. The molecule has 88 valence electrons. The molecular weight excluding hydrogens is 221 g/mol. The molecule has 0 aromatic carbocycles. The molecule has 0 atom stereocenters. The summed E-state index contributed by atoms with van der Waals surface area (Å²) in [7, 11) is 0. The Balaban J connectivity index is 2.50. The molecule has 0 bridgehead atoms. The third-order valence-corrected chi connectivity index (χ3v) is 2.00. The summed E-state index contributed by atoms with van der Waals surface area (Å²) >= 11 is 0. The van der Waals surface area contributed by atoms with Gasteiger partial charge in [-0.1, -0.05) is 6.07 Å². The summed E-state index contributed by atoms with van der Waals surface area (Å²) in [6.45, 7) is 0. The zero-order valence-electron chi connectivity index (χ0n) is 8.42. The summed E-state index contributed by atoms with van der Waals surface area (Å²) < 4.78 is 35.5. The van der Waals surface area contributed by atoms with Gasteiger partial charge < -0.3 is 5.73 Å². The molecule has 0 aliphatic carbocycles. The molecule has 6 heteroatoms. The van der Waals surface area contributed by atoms with Crippen LogP contribution in [0.4, 0.5) is 19.0 Å². The number of Topliss-reactive ketones (excluding diaryl/α,β-unsaturated/α-hetero) is 1. The van der Waals surface area contributed by atoms with Crippen LogP contribution in [-0.2, 0) is 11.2 Å². The number of carbonyl (C=O) groups is 1. The van der Waals surface area contributed by atoms with Gasteiger partial charge in [-0.2, -0.15) is 13.2 Å². The summed E-state index contributed by atoms with van der Waals surface area (Å²) in [5.41, 5.74) is 5.93. The van der Waals surface area contributed by atoms with Gasteiger partial charge in [-0.05, 0) is 6.07 Å². The zero-order valence-corrected chi connectivity index (χ0v) is 8.42. The van der Waals surface area contributed by atoms with Crippen LogP contribution in [0.15, 0.2) is 18.3 Å². The molecule has 0 fully saturated rings. The number of alkyl halides is 3. The van der Waals surface area contributed by atoms with Crippen LogP contribution in [0.1, 0.15) is 18.4 Å². The molecule has 0 unspecified atom stereocenters. The van der Waals surface area contributed by atoms with E-state index in [4.69, 9.17) is 5.73 Å². The van der Waals surface area contributed by atoms with E-state index >= 15 is 0 Å². The molecule has 1 rings (SSSR count). The average molecular weight is 232 g/mol. The van der Waals surface area contributed by atoms with Crippen LogP contribution in [0.5, 0.6) is 0 Å². The molecule has 1 aromatic rings. The minimum Gasteiger partial charge on any atom is -0.383 e. The van der Waals surface area contributed by atoms with Gasteiger partial charge in [0.1, 0.15) is 11.6 Å². The molecule has 0 amide bonds. The van der Waals surface area contributed by atoms with Crippen molar-refractivity contribution in [3.63, 3.8) is 0 Å². The Kier molecular flexibility index (Phi) is 3.87. The number of nitrogens with two attached hydrogens (primary N) is 1. The van der Waals surface area contributed by atoms with Gasteiger partial charge in [-0.3, -0.25) is 4.79 Å². The minimum absolute atomic E-state index is 0.101. The van der Waals surface area contributed by atoms with Gasteiger partial charge in [0.2, 0.25) is 0 Å². The summed E-state index contributed by atoms with van der Waals surface area (Å²) in [6, 6.07) is 3.16. The Morgan fingerprint density at radius 1 is 1.44 bits per heavy atom. The second kappa shape index (κ2) is 4.96. The molecule has 2 N–H and O–H groups in total. The number of hydrogen-bond donors (Lipinski definition) is 1. The highest BCUT2D eigenvalue weighted by Crippen LogP contribution is 2.22. The first-order valence-corrected chi connectivity index (χ1v) is 4.66. The summed E-state index contributed by atoms with van der Waals surface area (Å²) in [5, 5.41) is 0. The highest BCUT2D eigenvalue weighted by atomic mass is 19.4. The van der Waals surface area contributed by atoms with E-state index in [-0.39, 0.29) is 12.2 Å². The summed E-state index contributed by atoms with van der Waals surface area (Å²) in [4.78, 5) is 15.0. The van der Waals surface area contributed by atoms with E-state index < -0.39 is 24.8 Å². The lowest BCUT2D eigenvalue weighted by Gasteiger charge is -2.06. The maximum atomic E-state index is 11.8. The van der Waals surface area contributed by atoms with Gasteiger partial charge in [0.05, 0.1) is 6.42 Å². The van der Waals surface area contributed by atoms with Crippen molar-refractivity contribution in [2.75, 3.05) is 5.73 Å². The number of rotatable bonds is 4. The maximum absolute atomic E-state index is 11.8. The zero-order chi connectivity index (χ0) is 12.2. The molecule has 16 heavy (non-hydrogen) atoms. The minimum atomic E-state index is -4.30. The summed E-state index contributed by atoms with van der Waals surface area (Å²) in [6.07, 6.45) is -4.55. The van der Waals surface area contributed by atoms with Crippen molar-refractivity contribution in [2.24, 2.45) is 0 Å². The number of nitrogens with zero attached hydrogens (tertiary/aromatic N) is 1. The van der Waals surface area contributed by atoms with E-state index in [0.717, 1.165) is 0 Å². The Hall–Kier alpha value is -1.59. The SMILES string of the molecule is Nc1ncccc1CC(=O)CCC(F)(F)F. The molecule has 0 radical (unpaired) electrons. The molecule has 0 saturated heterocycles. The first kappa shape index (κ1) is 12.5. The molecule has 0 saturated carbocycles. The van der Waals surface area contributed by atoms with Crippen molar-refractivity contribution in [1.82, 2.24) is 4.98 Å². The van der Waals surface area contributed by atoms with Crippen molar-refractivity contribution < 1.29 is 18.0 Å². The lowest BCUT2D eigenvalue weighted by atomic mass is 10.1. The Bertz CT molecular complexity index is 377. The average Bonchev–Trinajstić information content (AvgIpc) is 2.18. The number of halogens is 3. The van der Waals surface area contributed by atoms with Crippen molar-refractivity contribution in [2.45, 2.75) is 25.4 Å². The van der Waals surface area contributed by atoms with Crippen molar-refractivity contribution >= 4 is 11.6 Å². The van der Waals surface area contributed by atoms with E-state index in [2.05, 4.69) is 4.98 Å². The van der Waals surface area contributed by atoms with Crippen LogP contribution in [-0.4, -0.2) is 16.9 Å². The number of hydrogen-bond acceptors (Lipinski definition) is 3. The Labute approximate surface area is 90.5 Å². The topological polar surface area (TPSA) is 56.0 Å². The Morgan fingerprint density at radius 2 is 2.12 bits per heavy atom. The molecule has 1 aromatic heterocycles. The van der Waals surface area contributed by atoms with Crippen molar-refractivity contribution in [3.8, 4) is 0 Å². The smallest absolute Gasteiger partial charge is 0.383 e. The lowest BCUT2D eigenvalue weighted by Crippen LogP contribution is -2.13. The molecule has 1 heterocycles. The highest BCUT2D eigenvalue weighted by Gasteiger charge is 2.27. The second-order valence-corrected chi connectivity index (χ2v) is 3.38. The van der Waals surface area contributed by atoms with Crippen LogP contribution in [0, 0.1) is 0 Å². The third-order valence-electron chi connectivity index (χ3n) is 2.00. The normalized spacial score (nSPS) is 11.4. The highest BCUT2D eigenvalue weighted by molar-refractivity contribution is 5.81. The largest absolute Gasteiger partial charge is 0.389 e. The van der Waals surface area contributed by atoms with Crippen LogP contribution in [0.25, 0.3) is 0 Å². The lowest BCUT2D eigenvalue weighted by molar-refractivity contribution is -0.143. The molecule has 0 aliphatic heterocycles. The predicted molar refractivity (Wildman–Crippen MR) is 52.6 cm³/mol. The van der Waals surface area contributed by atoms with Crippen molar-refractivity contribution in [1.29, 1.82) is 0 Å². The first-order chi connectivity index (χ1) is 7.38. The fourth-order valence-electron chi connectivity index (χ4n) is 1.18. The third kappa shape index (κ3) is 4.29. The fourth-order valence-corrected chi connectivity index (χ4v) is 1.18. The maximum Gasteiger partial charge on any atom is 0.389 e. The van der Waals surface area contributed by atoms with Gasteiger partial charge in [-0.15, -0.1) is 0 Å². The fraction of sp³-hybridized carbons (Fsp3) is 0.400. The quantitative estimate of drug-likeness (QED) is 0.865. The number of anilines is 1. The van der Waals surface area contributed by atoms with Gasteiger partial charge in [0.15, 0.2) is 0 Å². The van der Waals surface area contributed by atoms with Gasteiger partial charge in [-0.25, -0.2) is 4.98 Å². The molecular formula is C10H11F3N2O. The predicted octanol–water partition coefficient (Wildman–Crippen LogP) is 2.12. The van der Waals surface area contributed by atoms with Crippen LogP contribution in [0.3, 0.4) is 0 Å². The van der Waals surface area contributed by atoms with Gasteiger partial charge >= 0.3 is 6.18 Å². The summed E-state index contributed by atoms with van der Waals surface area (Å²) in [5.74, 6) is -0.306.